The first-order valence-corrected chi connectivity index (χ1v) is 8.48. The maximum Gasteiger partial charge on any atom is 0.338 e. The van der Waals surface area contributed by atoms with Crippen molar-refractivity contribution in [3.63, 3.8) is 0 Å². The Bertz CT molecular complexity index is 624. The lowest BCUT2D eigenvalue weighted by Gasteiger charge is -2.26. The molecule has 1 fully saturated rings. The van der Waals surface area contributed by atoms with Crippen LogP contribution in [0.4, 0.5) is 0 Å². The zero-order chi connectivity index (χ0) is 18.9. The zero-order valence-electron chi connectivity index (χ0n) is 15.2. The lowest BCUT2D eigenvalue weighted by atomic mass is 10.1. The summed E-state index contributed by atoms with van der Waals surface area (Å²) in [4.78, 5) is 38.6. The van der Waals surface area contributed by atoms with Crippen LogP contribution in [0, 0.1) is 0 Å². The van der Waals surface area contributed by atoms with Crippen LogP contribution in [0.25, 0.3) is 0 Å². The van der Waals surface area contributed by atoms with E-state index in [0.717, 1.165) is 38.4 Å². The van der Waals surface area contributed by atoms with E-state index < -0.39 is 18.5 Å². The molecule has 1 N–H and O–H groups in total. The molecule has 1 heterocycles. The van der Waals surface area contributed by atoms with E-state index in [1.54, 1.807) is 26.2 Å². The van der Waals surface area contributed by atoms with Crippen molar-refractivity contribution in [1.29, 1.82) is 0 Å². The van der Waals surface area contributed by atoms with Gasteiger partial charge in [-0.25, -0.2) is 4.79 Å². The van der Waals surface area contributed by atoms with Crippen molar-refractivity contribution < 1.29 is 23.9 Å². The van der Waals surface area contributed by atoms with Crippen molar-refractivity contribution in [2.45, 2.75) is 6.54 Å². The highest BCUT2D eigenvalue weighted by molar-refractivity contribution is 5.92. The van der Waals surface area contributed by atoms with Gasteiger partial charge in [-0.2, -0.15) is 0 Å². The van der Waals surface area contributed by atoms with E-state index >= 15 is 0 Å². The third-order valence-corrected chi connectivity index (χ3v) is 3.97. The zero-order valence-corrected chi connectivity index (χ0v) is 15.2. The summed E-state index contributed by atoms with van der Waals surface area (Å²) in [5, 5.41) is 2.40. The van der Waals surface area contributed by atoms with Crippen molar-refractivity contribution in [3.8, 4) is 0 Å². The first kappa shape index (κ1) is 19.9. The summed E-state index contributed by atoms with van der Waals surface area (Å²) in [5.41, 5.74) is 1.48. The fourth-order valence-corrected chi connectivity index (χ4v) is 2.36. The molecule has 0 aromatic heterocycles. The lowest BCUT2D eigenvalue weighted by molar-refractivity contribution is -0.131. The fraction of sp³-hybridized carbons (Fsp3) is 0.500. The van der Waals surface area contributed by atoms with Gasteiger partial charge in [-0.3, -0.25) is 14.5 Å². The number of esters is 1. The largest absolute Gasteiger partial charge is 0.452 e. The van der Waals surface area contributed by atoms with Gasteiger partial charge in [-0.15, -0.1) is 0 Å². The van der Waals surface area contributed by atoms with Crippen molar-refractivity contribution in [2.75, 3.05) is 53.6 Å². The third kappa shape index (κ3) is 6.45. The predicted octanol–water partition coefficient (Wildman–Crippen LogP) is -0.120. The van der Waals surface area contributed by atoms with Crippen LogP contribution in [-0.2, 0) is 25.6 Å². The number of carbonyl (C=O) groups excluding carboxylic acids is 3. The minimum absolute atomic E-state index is 0.125. The molecule has 0 spiro atoms. The van der Waals surface area contributed by atoms with Gasteiger partial charge in [0, 0.05) is 33.7 Å². The van der Waals surface area contributed by atoms with Crippen LogP contribution < -0.4 is 5.32 Å². The van der Waals surface area contributed by atoms with Gasteiger partial charge >= 0.3 is 5.97 Å². The van der Waals surface area contributed by atoms with Crippen molar-refractivity contribution in [2.24, 2.45) is 0 Å². The molecule has 1 aromatic carbocycles. The average Bonchev–Trinajstić information content (AvgIpc) is 2.65. The normalized spacial score (nSPS) is 14.5. The van der Waals surface area contributed by atoms with Crippen LogP contribution in [0.3, 0.4) is 0 Å². The third-order valence-electron chi connectivity index (χ3n) is 3.97. The van der Waals surface area contributed by atoms with Gasteiger partial charge in [0.2, 0.25) is 5.91 Å². The summed E-state index contributed by atoms with van der Waals surface area (Å²) >= 11 is 0. The molecule has 0 unspecified atom stereocenters. The van der Waals surface area contributed by atoms with Crippen LogP contribution in [0.1, 0.15) is 15.9 Å². The molecule has 0 atom stereocenters. The van der Waals surface area contributed by atoms with Crippen molar-refractivity contribution >= 4 is 17.8 Å². The number of benzene rings is 1. The second-order valence-corrected chi connectivity index (χ2v) is 6.23. The Hall–Kier alpha value is -2.45. The van der Waals surface area contributed by atoms with Gasteiger partial charge in [0.25, 0.3) is 5.91 Å². The van der Waals surface area contributed by atoms with Gasteiger partial charge in [-0.1, -0.05) is 12.1 Å². The molecule has 2 rings (SSSR count). The topological polar surface area (TPSA) is 88.2 Å². The average molecular weight is 363 g/mol. The van der Waals surface area contributed by atoms with Crippen LogP contribution >= 0.6 is 0 Å². The number of amides is 2. The van der Waals surface area contributed by atoms with E-state index in [9.17, 15) is 14.4 Å². The summed E-state index contributed by atoms with van der Waals surface area (Å²) in [6, 6.07) is 7.13. The van der Waals surface area contributed by atoms with E-state index in [1.807, 2.05) is 12.1 Å². The Kier molecular flexibility index (Phi) is 7.55. The second kappa shape index (κ2) is 9.88. The number of carbonyl (C=O) groups is 3. The molecule has 1 aromatic rings. The van der Waals surface area contributed by atoms with E-state index in [0.29, 0.717) is 5.56 Å². The summed E-state index contributed by atoms with van der Waals surface area (Å²) in [5.74, 6) is -1.32. The minimum atomic E-state index is -0.572. The maximum atomic E-state index is 12.0. The summed E-state index contributed by atoms with van der Waals surface area (Å²) in [7, 11) is 3.19. The molecular weight excluding hydrogens is 338 g/mol. The number of nitrogens with zero attached hydrogens (tertiary/aromatic N) is 2. The molecule has 0 saturated carbocycles. The van der Waals surface area contributed by atoms with Crippen molar-refractivity contribution in [3.05, 3.63) is 35.4 Å². The van der Waals surface area contributed by atoms with E-state index in [2.05, 4.69) is 10.2 Å². The molecule has 0 bridgehead atoms. The van der Waals surface area contributed by atoms with E-state index in [4.69, 9.17) is 9.47 Å². The molecule has 0 radical (unpaired) electrons. The molecule has 8 nitrogen and oxygen atoms in total. The standard InChI is InChI=1S/C18H25N3O5/c1-20(2)17(23)11-19-16(22)13-26-18(24)15-5-3-14(4-6-15)12-21-7-9-25-10-8-21/h3-6H,7-13H2,1-2H3,(H,19,22). The number of morpholine rings is 1. The van der Waals surface area contributed by atoms with Crippen LogP contribution in [0.2, 0.25) is 0 Å². The predicted molar refractivity (Wildman–Crippen MR) is 94.5 cm³/mol. The molecule has 26 heavy (non-hydrogen) atoms. The Balaban J connectivity index is 1.74. The van der Waals surface area contributed by atoms with Crippen molar-refractivity contribution in [1.82, 2.24) is 15.1 Å². The second-order valence-electron chi connectivity index (χ2n) is 6.23. The highest BCUT2D eigenvalue weighted by Gasteiger charge is 2.13. The quantitative estimate of drug-likeness (QED) is 0.680. The van der Waals surface area contributed by atoms with Crippen LogP contribution in [0.5, 0.6) is 0 Å². The van der Waals surface area contributed by atoms with Crippen LogP contribution in [0.15, 0.2) is 24.3 Å². The molecule has 1 aliphatic rings. The summed E-state index contributed by atoms with van der Waals surface area (Å²) in [6.07, 6.45) is 0. The molecule has 1 aliphatic heterocycles. The molecule has 1 saturated heterocycles. The number of rotatable bonds is 7. The number of nitrogens with one attached hydrogen (secondary N) is 1. The minimum Gasteiger partial charge on any atom is -0.452 e. The highest BCUT2D eigenvalue weighted by Crippen LogP contribution is 2.10. The molecule has 2 amide bonds. The summed E-state index contributed by atoms with van der Waals surface area (Å²) < 4.78 is 10.3. The number of hydrogen-bond donors (Lipinski definition) is 1. The van der Waals surface area contributed by atoms with Crippen LogP contribution in [-0.4, -0.2) is 81.1 Å². The fourth-order valence-electron chi connectivity index (χ4n) is 2.36. The monoisotopic (exact) mass is 363 g/mol. The number of hydrogen-bond acceptors (Lipinski definition) is 6. The summed E-state index contributed by atoms with van der Waals surface area (Å²) in [6.45, 7) is 3.54. The molecule has 142 valence electrons. The Morgan fingerprint density at radius 2 is 1.81 bits per heavy atom. The number of likely N-dealkylation sites (N-methyl/N-ethyl adjacent to an activating group) is 1. The molecule has 0 aliphatic carbocycles. The first-order chi connectivity index (χ1) is 12.5. The highest BCUT2D eigenvalue weighted by atomic mass is 16.5. The number of ether oxygens (including phenoxy) is 2. The lowest BCUT2D eigenvalue weighted by Crippen LogP contribution is -2.38. The first-order valence-electron chi connectivity index (χ1n) is 8.48. The van der Waals surface area contributed by atoms with Gasteiger partial charge in [-0.05, 0) is 17.7 Å². The Labute approximate surface area is 153 Å². The molecular formula is C18H25N3O5. The smallest absolute Gasteiger partial charge is 0.338 e. The molecule has 8 heteroatoms. The van der Waals surface area contributed by atoms with E-state index in [-0.39, 0.29) is 12.5 Å². The van der Waals surface area contributed by atoms with Gasteiger partial charge < -0.3 is 19.7 Å². The van der Waals surface area contributed by atoms with Gasteiger partial charge in [0.15, 0.2) is 6.61 Å². The van der Waals surface area contributed by atoms with Gasteiger partial charge in [0.1, 0.15) is 0 Å². The van der Waals surface area contributed by atoms with E-state index in [1.165, 1.54) is 4.90 Å². The van der Waals surface area contributed by atoms with Gasteiger partial charge in [0.05, 0.1) is 25.3 Å². The SMILES string of the molecule is CN(C)C(=O)CNC(=O)COC(=O)c1ccc(CN2CCOCC2)cc1. The Morgan fingerprint density at radius 3 is 2.42 bits per heavy atom. The maximum absolute atomic E-state index is 12.0. The Morgan fingerprint density at radius 1 is 1.15 bits per heavy atom.